The largest absolute Gasteiger partial charge is 0.476 e. The SMILES string of the molecule is [3H]OC(=O)C(F)(F)Br. The second-order valence-corrected chi connectivity index (χ2v) is 1.78. The van der Waals surface area contributed by atoms with Crippen LogP contribution in [0.15, 0.2) is 0 Å². The van der Waals surface area contributed by atoms with Crippen molar-refractivity contribution in [2.75, 3.05) is 0 Å². The topological polar surface area (TPSA) is 37.3 Å². The van der Waals surface area contributed by atoms with Gasteiger partial charge in [0.25, 0.3) is 1.43 Å². The first-order valence-corrected chi connectivity index (χ1v) is 2.02. The Balaban J connectivity index is 3.82. The van der Waals surface area contributed by atoms with Gasteiger partial charge in [0.1, 0.15) is 0 Å². The molecule has 7 heavy (non-hydrogen) atoms. The van der Waals surface area contributed by atoms with Gasteiger partial charge in [-0.1, -0.05) is 0 Å². The van der Waals surface area contributed by atoms with Gasteiger partial charge in [0.2, 0.25) is 0 Å². The minimum absolute atomic E-state index is 1.68. The first kappa shape index (κ1) is 4.96. The van der Waals surface area contributed by atoms with Crippen molar-refractivity contribution in [2.45, 2.75) is 4.83 Å². The van der Waals surface area contributed by atoms with E-state index in [9.17, 15) is 13.6 Å². The Kier molecular flexibility index (Phi) is 1.23. The highest BCUT2D eigenvalue weighted by Gasteiger charge is 2.34. The fourth-order valence-corrected chi connectivity index (χ4v) is 0. The zero-order valence-electron chi connectivity index (χ0n) is 3.95. The highest BCUT2D eigenvalue weighted by molar-refractivity contribution is 9.10. The molecule has 0 aromatic rings. The number of rotatable bonds is 1. The highest BCUT2D eigenvalue weighted by atomic mass is 79.9. The average Bonchev–Trinajstić information content (AvgIpc) is 1.62. The number of hydrogen-bond acceptors (Lipinski definition) is 2. The number of carboxylic acid groups (broad SMARTS) is 1. The third-order valence-corrected chi connectivity index (χ3v) is 0.555. The third kappa shape index (κ3) is 2.50. The lowest BCUT2D eigenvalue weighted by atomic mass is 10.7. The van der Waals surface area contributed by atoms with Crippen LogP contribution in [0, 0.1) is 0 Å². The van der Waals surface area contributed by atoms with Gasteiger partial charge >= 0.3 is 10.8 Å². The molecule has 0 radical (unpaired) electrons. The van der Waals surface area contributed by atoms with E-state index in [0.717, 1.165) is 0 Å². The first-order chi connectivity index (χ1) is 3.48. The van der Waals surface area contributed by atoms with Crippen molar-refractivity contribution in [1.29, 1.82) is 1.43 Å². The van der Waals surface area contributed by atoms with E-state index in [4.69, 9.17) is 1.43 Å². The van der Waals surface area contributed by atoms with Crippen LogP contribution in [-0.4, -0.2) is 15.9 Å². The minimum atomic E-state index is -3.73. The zero-order valence-corrected chi connectivity index (χ0v) is 4.54. The maximum absolute atomic E-state index is 11.4. The fraction of sp³-hybridized carbons (Fsp3) is 0.500. The average molecular weight is 177 g/mol. The van der Waals surface area contributed by atoms with Gasteiger partial charge in [-0.05, 0) is 0 Å². The van der Waals surface area contributed by atoms with Crippen LogP contribution in [0.25, 0.3) is 1.43 Å². The molecular formula is C2HBrF2O2. The Bertz CT molecular complexity index is 101. The summed E-state index contributed by atoms with van der Waals surface area (Å²) in [6, 6.07) is 0. The number of halogens is 3. The van der Waals surface area contributed by atoms with Crippen molar-refractivity contribution >= 4 is 21.9 Å². The Morgan fingerprint density at radius 2 is 2.43 bits per heavy atom. The van der Waals surface area contributed by atoms with Gasteiger partial charge in [0, 0.05) is 15.9 Å². The number of hydrogen-bond donors (Lipinski definition) is 1. The molecule has 0 aliphatic heterocycles. The van der Waals surface area contributed by atoms with E-state index in [1.807, 2.05) is 0 Å². The third-order valence-electron chi connectivity index (χ3n) is 0.231. The number of aliphatic carboxylic acids is 1. The molecular weight excluding hydrogens is 174 g/mol. The summed E-state index contributed by atoms with van der Waals surface area (Å²) in [7, 11) is 0. The van der Waals surface area contributed by atoms with Crippen LogP contribution in [0.1, 0.15) is 0 Å². The van der Waals surface area contributed by atoms with Crippen LogP contribution < -0.4 is 0 Å². The molecule has 2 nitrogen and oxygen atoms in total. The number of carbonyl (C=O) groups is 1. The van der Waals surface area contributed by atoms with E-state index in [1.54, 1.807) is 15.9 Å². The van der Waals surface area contributed by atoms with Crippen molar-refractivity contribution in [1.82, 2.24) is 0 Å². The van der Waals surface area contributed by atoms with Gasteiger partial charge in [0.15, 0.2) is 0 Å². The molecule has 0 saturated heterocycles. The summed E-state index contributed by atoms with van der Waals surface area (Å²) < 4.78 is 28.6. The van der Waals surface area contributed by atoms with Gasteiger partial charge < -0.3 is 5.11 Å². The van der Waals surface area contributed by atoms with E-state index in [0.29, 0.717) is 0 Å². The summed E-state index contributed by atoms with van der Waals surface area (Å²) in [6.45, 7) is 0. The monoisotopic (exact) mass is 176 g/mol. The lowest BCUT2D eigenvalue weighted by Crippen LogP contribution is -2.18. The molecule has 5 heteroatoms. The van der Waals surface area contributed by atoms with Crippen molar-refractivity contribution < 1.29 is 18.7 Å². The number of alkyl halides is 3. The maximum atomic E-state index is 11.4. The number of carboxylic acids is 1. The van der Waals surface area contributed by atoms with E-state index < -0.39 is 10.8 Å². The molecule has 0 amide bonds. The lowest BCUT2D eigenvalue weighted by molar-refractivity contribution is -0.152. The molecule has 0 heterocycles. The molecule has 0 spiro atoms. The Morgan fingerprint density at radius 1 is 2.00 bits per heavy atom. The van der Waals surface area contributed by atoms with E-state index in [1.165, 1.54) is 0 Å². The van der Waals surface area contributed by atoms with E-state index >= 15 is 0 Å². The summed E-state index contributed by atoms with van der Waals surface area (Å²) >= 11 is 1.68. The summed E-state index contributed by atoms with van der Waals surface area (Å²) in [5.41, 5.74) is 0. The smallest absolute Gasteiger partial charge is 0.395 e. The second kappa shape index (κ2) is 1.73. The standard InChI is InChI=1S/C2HBrF2O2/c3-2(4,5)1(6)7/h(H,6,7)/i/hT. The molecule has 0 aromatic carbocycles. The van der Waals surface area contributed by atoms with Crippen molar-refractivity contribution in [2.24, 2.45) is 0 Å². The van der Waals surface area contributed by atoms with Crippen molar-refractivity contribution in [3.8, 4) is 0 Å². The van der Waals surface area contributed by atoms with Crippen molar-refractivity contribution in [3.63, 3.8) is 0 Å². The quantitative estimate of drug-likeness (QED) is 0.608. The summed E-state index contributed by atoms with van der Waals surface area (Å²) in [4.78, 5) is 5.90. The van der Waals surface area contributed by atoms with E-state index in [2.05, 4.69) is 5.11 Å². The normalized spacial score (nSPS) is 12.7. The van der Waals surface area contributed by atoms with Crippen molar-refractivity contribution in [3.05, 3.63) is 0 Å². The molecule has 0 fully saturated rings. The zero-order chi connectivity index (χ0) is 6.78. The first-order valence-electron chi connectivity index (χ1n) is 1.63. The van der Waals surface area contributed by atoms with Gasteiger partial charge in [0.05, 0.1) is 0 Å². The Morgan fingerprint density at radius 3 is 2.43 bits per heavy atom. The summed E-state index contributed by atoms with van der Waals surface area (Å²) in [5.74, 6) is -1.92. The molecule has 0 bridgehead atoms. The highest BCUT2D eigenvalue weighted by Crippen LogP contribution is 2.20. The Hall–Kier alpha value is -0.190. The molecule has 42 valence electrons. The van der Waals surface area contributed by atoms with Gasteiger partial charge in [-0.25, -0.2) is 4.79 Å². The maximum Gasteiger partial charge on any atom is 0.395 e. The van der Waals surface area contributed by atoms with Crippen LogP contribution >= 0.6 is 15.9 Å². The molecule has 1 N–H and O–H groups in total. The lowest BCUT2D eigenvalue weighted by Gasteiger charge is -1.96. The molecule has 0 aromatic heterocycles. The van der Waals surface area contributed by atoms with Gasteiger partial charge in [-0.15, -0.1) is 0 Å². The van der Waals surface area contributed by atoms with Crippen LogP contribution in [0.5, 0.6) is 0 Å². The molecule has 0 aliphatic carbocycles. The Labute approximate surface area is 47.8 Å². The van der Waals surface area contributed by atoms with Crippen LogP contribution in [0.3, 0.4) is 0 Å². The minimum Gasteiger partial charge on any atom is -0.476 e. The second-order valence-electron chi connectivity index (χ2n) is 0.785. The van der Waals surface area contributed by atoms with E-state index in [-0.39, 0.29) is 0 Å². The summed E-state index contributed by atoms with van der Waals surface area (Å²) in [6.07, 6.45) is 0. The predicted octanol–water partition coefficient (Wildman–Crippen LogP) is 1.06. The van der Waals surface area contributed by atoms with Crippen LogP contribution in [0.2, 0.25) is 0 Å². The van der Waals surface area contributed by atoms with Crippen LogP contribution in [-0.2, 0) is 4.79 Å². The van der Waals surface area contributed by atoms with Gasteiger partial charge in [-0.2, -0.15) is 8.78 Å². The van der Waals surface area contributed by atoms with Gasteiger partial charge in [-0.3, -0.25) is 0 Å². The molecule has 0 rings (SSSR count). The molecule has 0 unspecified atom stereocenters. The predicted molar refractivity (Wildman–Crippen MR) is 21.5 cm³/mol. The van der Waals surface area contributed by atoms with Crippen LogP contribution in [0.4, 0.5) is 8.78 Å². The fourth-order valence-electron chi connectivity index (χ4n) is 0. The molecule has 0 aliphatic rings. The molecule has 0 atom stereocenters. The molecule has 0 saturated carbocycles. The summed E-state index contributed by atoms with van der Waals surface area (Å²) in [5, 5.41) is 2.93.